The Hall–Kier alpha value is -2.60. The monoisotopic (exact) mass is 396 g/mol. The fourth-order valence-corrected chi connectivity index (χ4v) is 3.88. The van der Waals surface area contributed by atoms with E-state index >= 15 is 0 Å². The number of nitriles is 1. The molecule has 3 rings (SSSR count). The molecule has 1 atom stereocenters. The molecule has 1 spiro atoms. The first-order valence-electron chi connectivity index (χ1n) is 8.67. The second kappa shape index (κ2) is 6.48. The van der Waals surface area contributed by atoms with E-state index in [1.165, 1.54) is 17.9 Å². The van der Waals surface area contributed by atoms with Crippen LogP contribution in [-0.4, -0.2) is 41.9 Å². The molecule has 1 saturated heterocycles. The van der Waals surface area contributed by atoms with Crippen LogP contribution in [0, 0.1) is 23.7 Å². The highest BCUT2D eigenvalue weighted by Gasteiger charge is 2.49. The van der Waals surface area contributed by atoms with Crippen molar-refractivity contribution < 1.29 is 31.9 Å². The Morgan fingerprint density at radius 2 is 2.04 bits per heavy atom. The fourth-order valence-electron chi connectivity index (χ4n) is 3.88. The molecule has 0 radical (unpaired) electrons. The molecule has 1 fully saturated rings. The molecule has 0 N–H and O–H groups in total. The lowest BCUT2D eigenvalue weighted by Crippen LogP contribution is -2.57. The minimum absolute atomic E-state index is 0.0188. The van der Waals surface area contributed by atoms with E-state index in [1.54, 1.807) is 13.8 Å². The fraction of sp³-hybridized carbons (Fsp3) is 0.526. The molecule has 2 heterocycles. The van der Waals surface area contributed by atoms with Gasteiger partial charge in [0.15, 0.2) is 5.78 Å². The molecule has 150 valence electrons. The Labute approximate surface area is 159 Å². The molecule has 9 heteroatoms. The van der Waals surface area contributed by atoms with Crippen molar-refractivity contribution in [2.24, 2.45) is 5.41 Å². The number of ether oxygens (including phenoxy) is 1. The second-order valence-electron chi connectivity index (χ2n) is 7.80. The third kappa shape index (κ3) is 3.44. The number of hydrogen-bond donors (Lipinski definition) is 0. The molecule has 1 unspecified atom stereocenters. The van der Waals surface area contributed by atoms with E-state index in [1.807, 2.05) is 6.07 Å². The van der Waals surface area contributed by atoms with Crippen molar-refractivity contribution >= 4 is 11.7 Å². The summed E-state index contributed by atoms with van der Waals surface area (Å²) in [6.45, 7) is 4.79. The van der Waals surface area contributed by atoms with Crippen LogP contribution in [0.15, 0.2) is 22.1 Å². The molecule has 1 aliphatic heterocycles. The summed E-state index contributed by atoms with van der Waals surface area (Å²) < 4.78 is 50.1. The maximum absolute atomic E-state index is 13.2. The molecule has 1 aromatic rings. The predicted octanol–water partition coefficient (Wildman–Crippen LogP) is 3.27. The summed E-state index contributed by atoms with van der Waals surface area (Å²) in [4.78, 5) is 26.4. The van der Waals surface area contributed by atoms with Crippen molar-refractivity contribution in [2.45, 2.75) is 39.0 Å². The summed E-state index contributed by atoms with van der Waals surface area (Å²) >= 11 is 0. The third-order valence-electron chi connectivity index (χ3n) is 4.97. The molecule has 0 saturated carbocycles. The van der Waals surface area contributed by atoms with Crippen molar-refractivity contribution in [3.05, 3.63) is 34.8 Å². The van der Waals surface area contributed by atoms with Gasteiger partial charge >= 0.3 is 6.18 Å². The summed E-state index contributed by atoms with van der Waals surface area (Å²) in [5, 5.41) is 9.28. The number of aryl methyl sites for hydroxylation is 1. The number of carbonyl (C=O) groups is 2. The van der Waals surface area contributed by atoms with Crippen LogP contribution in [0.5, 0.6) is 0 Å². The van der Waals surface area contributed by atoms with E-state index in [9.17, 15) is 28.0 Å². The summed E-state index contributed by atoms with van der Waals surface area (Å²) in [7, 11) is 0. The second-order valence-corrected chi connectivity index (χ2v) is 7.80. The Morgan fingerprint density at radius 1 is 1.36 bits per heavy atom. The quantitative estimate of drug-likeness (QED) is 0.728. The maximum atomic E-state index is 13.2. The van der Waals surface area contributed by atoms with E-state index in [0.29, 0.717) is 0 Å². The standard InChI is InChI=1S/C19H19F3N2O4/c1-11-6-13(15(28-11)19(20,21)22)16(26)24-4-5-27-18(10-24)7-12(8-23)14(25)17(2,3)9-18/h6-7H,4-5,9-10H2,1-3H3. The number of ketones is 1. The molecule has 2 aliphatic rings. The van der Waals surface area contributed by atoms with E-state index in [2.05, 4.69) is 0 Å². The van der Waals surface area contributed by atoms with Gasteiger partial charge in [-0.3, -0.25) is 9.59 Å². The van der Waals surface area contributed by atoms with Crippen LogP contribution >= 0.6 is 0 Å². The molecule has 1 aromatic heterocycles. The lowest BCUT2D eigenvalue weighted by atomic mass is 9.69. The van der Waals surface area contributed by atoms with Gasteiger partial charge in [0.1, 0.15) is 17.4 Å². The number of carbonyl (C=O) groups excluding carboxylic acids is 2. The van der Waals surface area contributed by atoms with Gasteiger partial charge in [-0.1, -0.05) is 13.8 Å². The summed E-state index contributed by atoms with van der Waals surface area (Å²) in [5.74, 6) is -2.50. The molecule has 0 bridgehead atoms. The highest BCUT2D eigenvalue weighted by Crippen LogP contribution is 2.42. The number of furan rings is 1. The van der Waals surface area contributed by atoms with E-state index in [-0.39, 0.29) is 43.2 Å². The van der Waals surface area contributed by atoms with Crippen molar-refractivity contribution in [3.8, 4) is 6.07 Å². The number of morpholine rings is 1. The lowest BCUT2D eigenvalue weighted by molar-refractivity contribution is -0.154. The zero-order valence-electron chi connectivity index (χ0n) is 15.6. The SMILES string of the molecule is Cc1cc(C(=O)N2CCOC3(C=C(C#N)C(=O)C(C)(C)C3)C2)c(C(F)(F)F)o1. The van der Waals surface area contributed by atoms with Gasteiger partial charge in [0.05, 0.1) is 24.3 Å². The van der Waals surface area contributed by atoms with Crippen LogP contribution in [0.4, 0.5) is 13.2 Å². The van der Waals surface area contributed by atoms with Crippen LogP contribution in [0.25, 0.3) is 0 Å². The number of hydrogen-bond acceptors (Lipinski definition) is 5. The molecular formula is C19H19F3N2O4. The van der Waals surface area contributed by atoms with Crippen LogP contribution in [0.3, 0.4) is 0 Å². The maximum Gasteiger partial charge on any atom is 0.450 e. The average Bonchev–Trinajstić information content (AvgIpc) is 2.99. The number of halogens is 3. The van der Waals surface area contributed by atoms with Gasteiger partial charge in [-0.25, -0.2) is 0 Å². The lowest BCUT2D eigenvalue weighted by Gasteiger charge is -2.46. The zero-order valence-corrected chi connectivity index (χ0v) is 15.6. The van der Waals surface area contributed by atoms with Gasteiger partial charge < -0.3 is 14.1 Å². The third-order valence-corrected chi connectivity index (χ3v) is 4.97. The van der Waals surface area contributed by atoms with Gasteiger partial charge in [0, 0.05) is 12.0 Å². The molecule has 6 nitrogen and oxygen atoms in total. The van der Waals surface area contributed by atoms with E-state index < -0.39 is 34.4 Å². The number of nitrogens with zero attached hydrogens (tertiary/aromatic N) is 2. The van der Waals surface area contributed by atoms with E-state index in [4.69, 9.17) is 9.15 Å². The normalized spacial score (nSPS) is 24.8. The number of amides is 1. The largest absolute Gasteiger partial charge is 0.456 e. The van der Waals surface area contributed by atoms with Gasteiger partial charge in [-0.05, 0) is 25.5 Å². The highest BCUT2D eigenvalue weighted by molar-refractivity contribution is 6.04. The predicted molar refractivity (Wildman–Crippen MR) is 90.1 cm³/mol. The Balaban J connectivity index is 1.95. The number of Topliss-reactive ketones (excluding diaryl/α,β-unsaturated/α-hetero) is 1. The average molecular weight is 396 g/mol. The van der Waals surface area contributed by atoms with Gasteiger partial charge in [-0.15, -0.1) is 0 Å². The first kappa shape index (κ1) is 20.1. The molecule has 1 amide bonds. The van der Waals surface area contributed by atoms with Gasteiger partial charge in [0.2, 0.25) is 5.76 Å². The zero-order chi connectivity index (χ0) is 20.9. The smallest absolute Gasteiger partial charge is 0.450 e. The number of alkyl halides is 3. The summed E-state index contributed by atoms with van der Waals surface area (Å²) in [5.41, 5.74) is -2.62. The number of rotatable bonds is 1. The minimum atomic E-state index is -4.80. The van der Waals surface area contributed by atoms with Crippen LogP contribution < -0.4 is 0 Å². The van der Waals surface area contributed by atoms with Gasteiger partial charge in [0.25, 0.3) is 5.91 Å². The molecule has 28 heavy (non-hydrogen) atoms. The van der Waals surface area contributed by atoms with Crippen LogP contribution in [-0.2, 0) is 15.7 Å². The van der Waals surface area contributed by atoms with Crippen molar-refractivity contribution in [2.75, 3.05) is 19.7 Å². The number of allylic oxidation sites excluding steroid dienone is 1. The first-order valence-corrected chi connectivity index (χ1v) is 8.67. The summed E-state index contributed by atoms with van der Waals surface area (Å²) in [6, 6.07) is 2.92. The van der Waals surface area contributed by atoms with E-state index in [0.717, 1.165) is 6.07 Å². The van der Waals surface area contributed by atoms with Crippen molar-refractivity contribution in [1.82, 2.24) is 4.90 Å². The summed E-state index contributed by atoms with van der Waals surface area (Å²) in [6.07, 6.45) is -3.19. The highest BCUT2D eigenvalue weighted by atomic mass is 19.4. The molecule has 0 aromatic carbocycles. The van der Waals surface area contributed by atoms with Gasteiger partial charge in [-0.2, -0.15) is 18.4 Å². The molecule has 1 aliphatic carbocycles. The topological polar surface area (TPSA) is 83.5 Å². The van der Waals surface area contributed by atoms with Crippen molar-refractivity contribution in [1.29, 1.82) is 5.26 Å². The Bertz CT molecular complexity index is 907. The first-order chi connectivity index (χ1) is 12.9. The Kier molecular flexibility index (Phi) is 4.66. The van der Waals surface area contributed by atoms with Crippen LogP contribution in [0.2, 0.25) is 0 Å². The van der Waals surface area contributed by atoms with Crippen molar-refractivity contribution in [3.63, 3.8) is 0 Å². The minimum Gasteiger partial charge on any atom is -0.456 e. The Morgan fingerprint density at radius 3 is 2.64 bits per heavy atom. The van der Waals surface area contributed by atoms with Crippen LogP contribution in [0.1, 0.15) is 42.1 Å². The molecular weight excluding hydrogens is 377 g/mol.